The number of nitrogens with zero attached hydrogens (tertiary/aromatic N) is 2. The molecule has 3 aromatic rings. The number of nitrogens with one attached hydrogen (secondary N) is 1. The molecule has 1 aliphatic heterocycles. The molecule has 2 N–H and O–H groups in total. The van der Waals surface area contributed by atoms with Crippen LogP contribution in [-0.4, -0.2) is 74.4 Å². The number of carbonyl (C=O) groups excluding carboxylic acids is 1. The Morgan fingerprint density at radius 1 is 1.05 bits per heavy atom. The molecule has 3 atom stereocenters. The largest absolute Gasteiger partial charge is 0.486 e. The minimum atomic E-state index is -3.61. The minimum absolute atomic E-state index is 0.0923. The number of aliphatic hydroxyl groups is 1. The maximum Gasteiger partial charge on any atom is 0.258 e. The number of amides is 1. The van der Waals surface area contributed by atoms with Crippen LogP contribution < -0.4 is 9.46 Å². The summed E-state index contributed by atoms with van der Waals surface area (Å²) in [5.41, 5.74) is 3.96. The lowest BCUT2D eigenvalue weighted by molar-refractivity contribution is 0.0344. The highest BCUT2D eigenvalue weighted by Gasteiger charge is 2.34. The lowest BCUT2D eigenvalue weighted by Gasteiger charge is -2.38. The molecule has 208 valence electrons. The molecule has 0 fully saturated rings. The van der Waals surface area contributed by atoms with Crippen molar-refractivity contribution in [2.75, 3.05) is 37.7 Å². The van der Waals surface area contributed by atoms with E-state index in [4.69, 9.17) is 4.74 Å². The van der Waals surface area contributed by atoms with Crippen molar-refractivity contribution < 1.29 is 23.1 Å². The highest BCUT2D eigenvalue weighted by Crippen LogP contribution is 2.35. The molecule has 3 aromatic carbocycles. The van der Waals surface area contributed by atoms with E-state index in [2.05, 4.69) is 46.0 Å². The average Bonchev–Trinajstić information content (AvgIpc) is 2.90. The number of carbonyl (C=O) groups is 1. The smallest absolute Gasteiger partial charge is 0.258 e. The van der Waals surface area contributed by atoms with E-state index in [1.165, 1.54) is 5.56 Å². The fraction of sp³-hybridized carbons (Fsp3) is 0.367. The van der Waals surface area contributed by atoms with E-state index in [9.17, 15) is 18.3 Å². The van der Waals surface area contributed by atoms with Crippen LogP contribution in [0, 0.1) is 5.92 Å². The predicted octanol–water partition coefficient (Wildman–Crippen LogP) is 4.08. The van der Waals surface area contributed by atoms with Crippen LogP contribution in [0.25, 0.3) is 11.1 Å². The van der Waals surface area contributed by atoms with Gasteiger partial charge in [0.25, 0.3) is 5.91 Å². The summed E-state index contributed by atoms with van der Waals surface area (Å²) in [4.78, 5) is 17.3. The molecule has 1 amide bonds. The van der Waals surface area contributed by atoms with Gasteiger partial charge in [-0.05, 0) is 42.8 Å². The van der Waals surface area contributed by atoms with Gasteiger partial charge in [-0.2, -0.15) is 0 Å². The second kappa shape index (κ2) is 12.2. The van der Waals surface area contributed by atoms with E-state index < -0.39 is 16.1 Å². The number of sulfonamides is 1. The van der Waals surface area contributed by atoms with Crippen molar-refractivity contribution in [3.8, 4) is 16.9 Å². The number of likely N-dealkylation sites (N-methyl/N-ethyl adjacent to an activating group) is 1. The Kier molecular flexibility index (Phi) is 8.94. The molecule has 4 rings (SSSR count). The van der Waals surface area contributed by atoms with Gasteiger partial charge in [-0.3, -0.25) is 14.4 Å². The normalized spacial score (nSPS) is 18.6. The summed E-state index contributed by atoms with van der Waals surface area (Å²) in [5.74, 6) is -0.189. The van der Waals surface area contributed by atoms with Crippen molar-refractivity contribution >= 4 is 21.6 Å². The fourth-order valence-electron chi connectivity index (χ4n) is 4.86. The molecule has 1 aliphatic rings. The number of rotatable bonds is 9. The summed E-state index contributed by atoms with van der Waals surface area (Å²) in [7, 11) is -1.59. The molecule has 0 aliphatic carbocycles. The van der Waals surface area contributed by atoms with Gasteiger partial charge in [0.1, 0.15) is 6.10 Å². The zero-order valence-corrected chi connectivity index (χ0v) is 23.7. The van der Waals surface area contributed by atoms with Crippen LogP contribution >= 0.6 is 0 Å². The van der Waals surface area contributed by atoms with Crippen molar-refractivity contribution in [3.05, 3.63) is 83.9 Å². The first-order chi connectivity index (χ1) is 18.6. The van der Waals surface area contributed by atoms with Crippen LogP contribution in [0.1, 0.15) is 29.8 Å². The third kappa shape index (κ3) is 7.17. The Morgan fingerprint density at radius 2 is 1.72 bits per heavy atom. The van der Waals surface area contributed by atoms with E-state index in [0.717, 1.165) is 17.4 Å². The Morgan fingerprint density at radius 3 is 2.36 bits per heavy atom. The maximum atomic E-state index is 13.5. The van der Waals surface area contributed by atoms with Gasteiger partial charge in [0, 0.05) is 25.6 Å². The van der Waals surface area contributed by atoms with Gasteiger partial charge in [-0.15, -0.1) is 0 Å². The molecule has 0 bridgehead atoms. The zero-order chi connectivity index (χ0) is 28.2. The van der Waals surface area contributed by atoms with Crippen molar-refractivity contribution in [1.29, 1.82) is 0 Å². The quantitative estimate of drug-likeness (QED) is 0.416. The molecule has 8 nitrogen and oxygen atoms in total. The third-order valence-electron chi connectivity index (χ3n) is 6.99. The number of hydrogen-bond donors (Lipinski definition) is 2. The molecule has 0 spiro atoms. The number of ether oxygens (including phenoxy) is 1. The van der Waals surface area contributed by atoms with E-state index in [1.807, 2.05) is 32.2 Å². The van der Waals surface area contributed by atoms with Crippen LogP contribution in [0.5, 0.6) is 5.75 Å². The van der Waals surface area contributed by atoms with Gasteiger partial charge in [-0.25, -0.2) is 8.42 Å². The molecule has 0 aromatic heterocycles. The lowest BCUT2D eigenvalue weighted by Crippen LogP contribution is -2.49. The number of aliphatic hydroxyl groups excluding tert-OH is 1. The molecule has 9 heteroatoms. The van der Waals surface area contributed by atoms with Crippen molar-refractivity contribution in [3.63, 3.8) is 0 Å². The molecule has 39 heavy (non-hydrogen) atoms. The molecular formula is C30H37N3O5S. The monoisotopic (exact) mass is 551 g/mol. The SMILES string of the molecule is C[C@@H]1CN([C@@H](C)CO)C(=O)c2cccc(NS(C)(=O)=O)c2O[C@H]1CN(C)Cc1ccc(-c2ccccc2)cc1. The van der Waals surface area contributed by atoms with E-state index >= 15 is 0 Å². The second-order valence-corrected chi connectivity index (χ2v) is 12.2. The van der Waals surface area contributed by atoms with Gasteiger partial charge in [0.15, 0.2) is 5.75 Å². The Labute approximate surface area is 231 Å². The van der Waals surface area contributed by atoms with Crippen LogP contribution in [0.2, 0.25) is 0 Å². The first-order valence-electron chi connectivity index (χ1n) is 13.1. The van der Waals surface area contributed by atoms with Gasteiger partial charge < -0.3 is 14.7 Å². The maximum absolute atomic E-state index is 13.5. The summed E-state index contributed by atoms with van der Waals surface area (Å²) in [6.07, 6.45) is 0.718. The Bertz CT molecular complexity index is 1380. The number of anilines is 1. The Hall–Kier alpha value is -3.40. The average molecular weight is 552 g/mol. The predicted molar refractivity (Wildman–Crippen MR) is 154 cm³/mol. The number of para-hydroxylation sites is 1. The van der Waals surface area contributed by atoms with Crippen LogP contribution in [0.15, 0.2) is 72.8 Å². The van der Waals surface area contributed by atoms with E-state index in [-0.39, 0.29) is 41.5 Å². The fourth-order valence-corrected chi connectivity index (χ4v) is 5.42. The standard InChI is InChI=1S/C30H37N3O5S/c1-21-17-33(22(2)20-34)30(35)26-11-8-12-27(31-39(4,36)37)29(26)38-28(21)19-32(3)18-23-13-15-25(16-14-23)24-9-6-5-7-10-24/h5-16,21-22,28,31,34H,17-20H2,1-4H3/t21-,22+,28+/m1/s1. The van der Waals surface area contributed by atoms with Gasteiger partial charge in [0.05, 0.1) is 30.2 Å². The summed E-state index contributed by atoms with van der Waals surface area (Å²) in [6, 6.07) is 23.2. The number of fused-ring (bicyclic) bond motifs is 1. The number of hydrogen-bond acceptors (Lipinski definition) is 6. The van der Waals surface area contributed by atoms with Crippen molar-refractivity contribution in [1.82, 2.24) is 9.80 Å². The van der Waals surface area contributed by atoms with Gasteiger partial charge in [0.2, 0.25) is 10.0 Å². The second-order valence-electron chi connectivity index (χ2n) is 10.4. The highest BCUT2D eigenvalue weighted by molar-refractivity contribution is 7.92. The lowest BCUT2D eigenvalue weighted by atomic mass is 9.98. The summed E-state index contributed by atoms with van der Waals surface area (Å²) < 4.78 is 33.1. The molecule has 0 unspecified atom stereocenters. The summed E-state index contributed by atoms with van der Waals surface area (Å²) in [5, 5.41) is 9.85. The van der Waals surface area contributed by atoms with E-state index in [1.54, 1.807) is 30.0 Å². The molecule has 1 heterocycles. The first kappa shape index (κ1) is 28.6. The summed E-state index contributed by atoms with van der Waals surface area (Å²) >= 11 is 0. The van der Waals surface area contributed by atoms with Gasteiger partial charge in [-0.1, -0.05) is 67.6 Å². The molecular weight excluding hydrogens is 514 g/mol. The molecule has 0 saturated carbocycles. The highest BCUT2D eigenvalue weighted by atomic mass is 32.2. The molecule has 0 radical (unpaired) electrons. The summed E-state index contributed by atoms with van der Waals surface area (Å²) in [6.45, 7) is 5.26. The van der Waals surface area contributed by atoms with Crippen molar-refractivity contribution in [2.24, 2.45) is 5.92 Å². The van der Waals surface area contributed by atoms with Crippen LogP contribution in [0.3, 0.4) is 0 Å². The zero-order valence-electron chi connectivity index (χ0n) is 22.9. The number of benzene rings is 3. The minimum Gasteiger partial charge on any atom is -0.486 e. The third-order valence-corrected chi connectivity index (χ3v) is 7.58. The van der Waals surface area contributed by atoms with Crippen molar-refractivity contribution in [2.45, 2.75) is 32.5 Å². The topological polar surface area (TPSA) is 99.2 Å². The van der Waals surface area contributed by atoms with Crippen LogP contribution in [-0.2, 0) is 16.6 Å². The van der Waals surface area contributed by atoms with Gasteiger partial charge >= 0.3 is 0 Å². The van der Waals surface area contributed by atoms with Crippen LogP contribution in [0.4, 0.5) is 5.69 Å². The van der Waals surface area contributed by atoms with E-state index in [0.29, 0.717) is 19.6 Å². The first-order valence-corrected chi connectivity index (χ1v) is 15.0. The molecule has 0 saturated heterocycles. The Balaban J connectivity index is 1.58.